The first-order valence-corrected chi connectivity index (χ1v) is 7.00. The summed E-state index contributed by atoms with van der Waals surface area (Å²) in [6.45, 7) is 5.09. The fraction of sp³-hybridized carbons (Fsp3) is 0.471. The predicted octanol–water partition coefficient (Wildman–Crippen LogP) is 3.80. The van der Waals surface area contributed by atoms with E-state index in [-0.39, 0.29) is 12.4 Å². The number of aryl methyl sites for hydroxylation is 1. The average molecular weight is 258 g/mol. The van der Waals surface area contributed by atoms with Gasteiger partial charge in [-0.1, -0.05) is 43.3 Å². The minimum absolute atomic E-state index is 0.0807. The van der Waals surface area contributed by atoms with Crippen molar-refractivity contribution in [2.45, 2.75) is 26.7 Å². The zero-order valence-electron chi connectivity index (χ0n) is 11.8. The Bertz CT molecular complexity index is 462. The Kier molecular flexibility index (Phi) is 4.92. The minimum atomic E-state index is 0.0807. The summed E-state index contributed by atoms with van der Waals surface area (Å²) in [5.74, 6) is 1.28. The van der Waals surface area contributed by atoms with Crippen LogP contribution in [0.1, 0.15) is 35.7 Å². The van der Waals surface area contributed by atoms with Gasteiger partial charge in [0.05, 0.1) is 6.61 Å². The van der Waals surface area contributed by atoms with Gasteiger partial charge in [-0.3, -0.25) is 4.79 Å². The number of ketones is 1. The summed E-state index contributed by atoms with van der Waals surface area (Å²) in [7, 11) is 0. The molecule has 0 fully saturated rings. The van der Waals surface area contributed by atoms with E-state index >= 15 is 0 Å². The average Bonchev–Trinajstić information content (AvgIpc) is 2.41. The van der Waals surface area contributed by atoms with Crippen molar-refractivity contribution in [3.8, 4) is 0 Å². The van der Waals surface area contributed by atoms with Gasteiger partial charge in [0, 0.05) is 5.56 Å². The molecule has 0 bridgehead atoms. The minimum Gasteiger partial charge on any atom is -0.373 e. The third kappa shape index (κ3) is 3.77. The van der Waals surface area contributed by atoms with Crippen LogP contribution in [-0.4, -0.2) is 19.0 Å². The molecule has 0 N–H and O–H groups in total. The molecule has 2 unspecified atom stereocenters. The molecule has 2 nitrogen and oxygen atoms in total. The molecule has 2 heteroatoms. The van der Waals surface area contributed by atoms with Crippen LogP contribution in [0, 0.1) is 18.8 Å². The van der Waals surface area contributed by atoms with E-state index in [0.717, 1.165) is 24.0 Å². The number of hydrogen-bond acceptors (Lipinski definition) is 2. The van der Waals surface area contributed by atoms with Crippen molar-refractivity contribution in [3.63, 3.8) is 0 Å². The summed E-state index contributed by atoms with van der Waals surface area (Å²) in [4.78, 5) is 12.0. The normalized spacial score (nSPS) is 22.4. The first-order chi connectivity index (χ1) is 9.18. The number of benzene rings is 1. The summed E-state index contributed by atoms with van der Waals surface area (Å²) in [6.07, 6.45) is 6.65. The molecule has 0 saturated heterocycles. The van der Waals surface area contributed by atoms with E-state index in [4.69, 9.17) is 4.74 Å². The molecule has 0 aliphatic heterocycles. The van der Waals surface area contributed by atoms with Gasteiger partial charge in [0.1, 0.15) is 6.61 Å². The highest BCUT2D eigenvalue weighted by atomic mass is 16.5. The van der Waals surface area contributed by atoms with Crippen LogP contribution in [0.15, 0.2) is 36.4 Å². The van der Waals surface area contributed by atoms with Gasteiger partial charge in [-0.05, 0) is 37.2 Å². The summed E-state index contributed by atoms with van der Waals surface area (Å²) < 4.78 is 5.63. The lowest BCUT2D eigenvalue weighted by Gasteiger charge is -2.24. The fourth-order valence-electron chi connectivity index (χ4n) is 2.51. The van der Waals surface area contributed by atoms with E-state index in [0.29, 0.717) is 18.4 Å². The highest BCUT2D eigenvalue weighted by molar-refractivity contribution is 5.98. The SMILES string of the molecule is Cc1ccccc1C(=O)COCC1CC=CCC1C. The Hall–Kier alpha value is -1.41. The predicted molar refractivity (Wildman–Crippen MR) is 77.4 cm³/mol. The summed E-state index contributed by atoms with van der Waals surface area (Å²) in [5, 5.41) is 0. The molecule has 19 heavy (non-hydrogen) atoms. The molecular formula is C17H22O2. The molecule has 0 amide bonds. The molecule has 0 saturated carbocycles. The number of ether oxygens (including phenoxy) is 1. The van der Waals surface area contributed by atoms with Crippen LogP contribution in [0.2, 0.25) is 0 Å². The molecule has 1 aromatic rings. The smallest absolute Gasteiger partial charge is 0.188 e. The van der Waals surface area contributed by atoms with Gasteiger partial charge in [-0.2, -0.15) is 0 Å². The second-order valence-electron chi connectivity index (χ2n) is 5.43. The van der Waals surface area contributed by atoms with Gasteiger partial charge >= 0.3 is 0 Å². The molecule has 0 spiro atoms. The highest BCUT2D eigenvalue weighted by Crippen LogP contribution is 2.25. The van der Waals surface area contributed by atoms with Gasteiger partial charge in [0.25, 0.3) is 0 Å². The molecule has 1 aliphatic carbocycles. The fourth-order valence-corrected chi connectivity index (χ4v) is 2.51. The Morgan fingerprint density at radius 3 is 2.74 bits per heavy atom. The van der Waals surface area contributed by atoms with Crippen LogP contribution in [0.4, 0.5) is 0 Å². The highest BCUT2D eigenvalue weighted by Gasteiger charge is 2.19. The van der Waals surface area contributed by atoms with Crippen molar-refractivity contribution in [2.75, 3.05) is 13.2 Å². The van der Waals surface area contributed by atoms with Crippen molar-refractivity contribution in [1.29, 1.82) is 0 Å². The monoisotopic (exact) mass is 258 g/mol. The molecule has 2 rings (SSSR count). The van der Waals surface area contributed by atoms with E-state index < -0.39 is 0 Å². The Morgan fingerprint density at radius 2 is 2.00 bits per heavy atom. The van der Waals surface area contributed by atoms with E-state index in [2.05, 4.69) is 19.1 Å². The van der Waals surface area contributed by atoms with Crippen LogP contribution < -0.4 is 0 Å². The van der Waals surface area contributed by atoms with Crippen LogP contribution in [-0.2, 0) is 4.74 Å². The Labute approximate surface area is 115 Å². The number of carbonyl (C=O) groups is 1. The van der Waals surface area contributed by atoms with Crippen molar-refractivity contribution in [3.05, 3.63) is 47.5 Å². The second-order valence-corrected chi connectivity index (χ2v) is 5.43. The Morgan fingerprint density at radius 1 is 1.26 bits per heavy atom. The van der Waals surface area contributed by atoms with Crippen molar-refractivity contribution < 1.29 is 9.53 Å². The van der Waals surface area contributed by atoms with Crippen molar-refractivity contribution in [2.24, 2.45) is 11.8 Å². The van der Waals surface area contributed by atoms with Crippen LogP contribution in [0.25, 0.3) is 0 Å². The van der Waals surface area contributed by atoms with Gasteiger partial charge in [0.15, 0.2) is 5.78 Å². The topological polar surface area (TPSA) is 26.3 Å². The molecule has 2 atom stereocenters. The van der Waals surface area contributed by atoms with E-state index in [1.807, 2.05) is 31.2 Å². The maximum absolute atomic E-state index is 12.0. The largest absolute Gasteiger partial charge is 0.373 e. The molecule has 0 aromatic heterocycles. The number of rotatable bonds is 5. The number of Topliss-reactive ketones (excluding diaryl/α,β-unsaturated/α-hetero) is 1. The molecule has 1 aromatic carbocycles. The quantitative estimate of drug-likeness (QED) is 0.593. The molecule has 0 heterocycles. The lowest BCUT2D eigenvalue weighted by Crippen LogP contribution is -2.21. The zero-order chi connectivity index (χ0) is 13.7. The maximum Gasteiger partial charge on any atom is 0.188 e. The number of hydrogen-bond donors (Lipinski definition) is 0. The molecule has 0 radical (unpaired) electrons. The third-order valence-electron chi connectivity index (χ3n) is 3.93. The van der Waals surface area contributed by atoms with Gasteiger partial charge in [-0.15, -0.1) is 0 Å². The van der Waals surface area contributed by atoms with Gasteiger partial charge in [-0.25, -0.2) is 0 Å². The standard InChI is InChI=1S/C17H22O2/c1-13-7-3-5-9-15(13)11-19-12-17(18)16-10-6-4-8-14(16)2/h3-6,8,10,13,15H,7,9,11-12H2,1-2H3. The molecule has 102 valence electrons. The van der Waals surface area contributed by atoms with Crippen LogP contribution in [0.5, 0.6) is 0 Å². The molecule has 1 aliphatic rings. The number of allylic oxidation sites excluding steroid dienone is 2. The summed E-state index contributed by atoms with van der Waals surface area (Å²) >= 11 is 0. The van der Waals surface area contributed by atoms with Gasteiger partial charge < -0.3 is 4.74 Å². The lowest BCUT2D eigenvalue weighted by atomic mass is 9.85. The van der Waals surface area contributed by atoms with Crippen molar-refractivity contribution in [1.82, 2.24) is 0 Å². The van der Waals surface area contributed by atoms with Crippen molar-refractivity contribution >= 4 is 5.78 Å². The molecular weight excluding hydrogens is 236 g/mol. The Balaban J connectivity index is 1.81. The van der Waals surface area contributed by atoms with Crippen LogP contribution in [0.3, 0.4) is 0 Å². The summed E-state index contributed by atoms with van der Waals surface area (Å²) in [6, 6.07) is 7.67. The van der Waals surface area contributed by atoms with E-state index in [1.165, 1.54) is 0 Å². The first kappa shape index (κ1) is 14.0. The van der Waals surface area contributed by atoms with E-state index in [9.17, 15) is 4.79 Å². The van der Waals surface area contributed by atoms with Crippen LogP contribution >= 0.6 is 0 Å². The first-order valence-electron chi connectivity index (χ1n) is 7.00. The summed E-state index contributed by atoms with van der Waals surface area (Å²) in [5.41, 5.74) is 1.80. The second kappa shape index (κ2) is 6.67. The van der Waals surface area contributed by atoms with Gasteiger partial charge in [0.2, 0.25) is 0 Å². The van der Waals surface area contributed by atoms with E-state index in [1.54, 1.807) is 0 Å². The number of carbonyl (C=O) groups excluding carboxylic acids is 1. The lowest BCUT2D eigenvalue weighted by molar-refractivity contribution is 0.0602. The zero-order valence-corrected chi connectivity index (χ0v) is 11.8. The third-order valence-corrected chi connectivity index (χ3v) is 3.93. The maximum atomic E-state index is 12.0.